The molecule has 0 amide bonds. The van der Waals surface area contributed by atoms with Gasteiger partial charge < -0.3 is 0 Å². The molecule has 0 aliphatic carbocycles. The van der Waals surface area contributed by atoms with Crippen molar-refractivity contribution in [3.8, 4) is 22.4 Å². The minimum Gasteiger partial charge on any atom is -0.247 e. The first-order chi connectivity index (χ1) is 13.3. The van der Waals surface area contributed by atoms with Crippen LogP contribution in [0.1, 0.15) is 0 Å². The minimum absolute atomic E-state index is 1.02. The van der Waals surface area contributed by atoms with Crippen LogP contribution in [0.2, 0.25) is 0 Å². The van der Waals surface area contributed by atoms with Gasteiger partial charge in [0, 0.05) is 26.2 Å². The summed E-state index contributed by atoms with van der Waals surface area (Å²) < 4.78 is 1.06. The van der Waals surface area contributed by atoms with Crippen molar-refractivity contribution in [2.45, 2.75) is 0 Å². The summed E-state index contributed by atoms with van der Waals surface area (Å²) in [7, 11) is 0. The molecule has 4 aromatic carbocycles. The maximum Gasteiger partial charge on any atom is 0.0788 e. The van der Waals surface area contributed by atoms with Crippen molar-refractivity contribution in [2.24, 2.45) is 0 Å². The fraction of sp³-hybridized carbons (Fsp3) is 0. The highest BCUT2D eigenvalue weighted by molar-refractivity contribution is 9.10. The largest absolute Gasteiger partial charge is 0.247 e. The second kappa shape index (κ2) is 6.64. The molecular weight excluding hydrogens is 394 g/mol. The van der Waals surface area contributed by atoms with E-state index in [0.29, 0.717) is 0 Å². The third-order valence-corrected chi connectivity index (χ3v) is 5.40. The van der Waals surface area contributed by atoms with E-state index in [1.165, 1.54) is 27.3 Å². The zero-order chi connectivity index (χ0) is 18.2. The highest BCUT2D eigenvalue weighted by atomic mass is 79.9. The molecule has 128 valence electrons. The minimum atomic E-state index is 1.02. The molecule has 0 bridgehead atoms. The van der Waals surface area contributed by atoms with Crippen molar-refractivity contribution in [1.29, 1.82) is 0 Å². The van der Waals surface area contributed by atoms with Crippen molar-refractivity contribution in [3.63, 3.8) is 0 Å². The van der Waals surface area contributed by atoms with E-state index in [0.717, 1.165) is 21.2 Å². The Hall–Kier alpha value is -2.97. The van der Waals surface area contributed by atoms with E-state index >= 15 is 0 Å². The molecule has 1 heterocycles. The predicted molar refractivity (Wildman–Crippen MR) is 118 cm³/mol. The molecule has 0 fully saturated rings. The Kier molecular flexibility index (Phi) is 3.99. The summed E-state index contributed by atoms with van der Waals surface area (Å²) in [5, 5.41) is 3.61. The number of nitrogens with zero attached hydrogens (tertiary/aromatic N) is 1. The van der Waals surface area contributed by atoms with Gasteiger partial charge in [-0.05, 0) is 29.3 Å². The van der Waals surface area contributed by atoms with Crippen LogP contribution in [-0.4, -0.2) is 4.98 Å². The number of pyridine rings is 1. The molecule has 0 saturated heterocycles. The number of para-hydroxylation sites is 1. The highest BCUT2D eigenvalue weighted by Crippen LogP contribution is 2.38. The van der Waals surface area contributed by atoms with E-state index in [4.69, 9.17) is 4.98 Å². The van der Waals surface area contributed by atoms with Crippen LogP contribution in [0.25, 0.3) is 44.1 Å². The van der Waals surface area contributed by atoms with Gasteiger partial charge in [-0.2, -0.15) is 0 Å². The monoisotopic (exact) mass is 409 g/mol. The first kappa shape index (κ1) is 16.2. The Balaban J connectivity index is 1.95. The van der Waals surface area contributed by atoms with Gasteiger partial charge in [0.1, 0.15) is 0 Å². The fourth-order valence-corrected chi connectivity index (χ4v) is 4.12. The van der Waals surface area contributed by atoms with Gasteiger partial charge in [-0.25, -0.2) is 4.98 Å². The van der Waals surface area contributed by atoms with Crippen LogP contribution >= 0.6 is 15.9 Å². The molecule has 0 saturated carbocycles. The van der Waals surface area contributed by atoms with Gasteiger partial charge in [0.05, 0.1) is 11.2 Å². The maximum absolute atomic E-state index is 5.03. The van der Waals surface area contributed by atoms with E-state index in [2.05, 4.69) is 107 Å². The average Bonchev–Trinajstić information content (AvgIpc) is 2.73. The molecule has 0 atom stereocenters. The highest BCUT2D eigenvalue weighted by Gasteiger charge is 2.14. The summed E-state index contributed by atoms with van der Waals surface area (Å²) in [5.74, 6) is 0. The summed E-state index contributed by atoms with van der Waals surface area (Å²) in [5.41, 5.74) is 5.61. The molecule has 0 spiro atoms. The second-order valence-corrected chi connectivity index (χ2v) is 7.50. The number of rotatable bonds is 2. The Morgan fingerprint density at radius 3 is 2.15 bits per heavy atom. The number of fused-ring (bicyclic) bond motifs is 3. The van der Waals surface area contributed by atoms with Gasteiger partial charge in [0.2, 0.25) is 0 Å². The molecule has 1 aromatic heterocycles. The van der Waals surface area contributed by atoms with Gasteiger partial charge in [0.15, 0.2) is 0 Å². The predicted octanol–water partition coefficient (Wildman–Crippen LogP) is 7.48. The zero-order valence-electron chi connectivity index (χ0n) is 14.6. The first-order valence-corrected chi connectivity index (χ1v) is 9.73. The second-order valence-electron chi connectivity index (χ2n) is 6.58. The van der Waals surface area contributed by atoms with E-state index in [1.54, 1.807) is 0 Å². The van der Waals surface area contributed by atoms with Crippen LogP contribution in [0.15, 0.2) is 102 Å². The molecule has 0 N–H and O–H groups in total. The summed E-state index contributed by atoms with van der Waals surface area (Å²) in [4.78, 5) is 5.03. The smallest absolute Gasteiger partial charge is 0.0788 e. The zero-order valence-corrected chi connectivity index (χ0v) is 16.1. The number of hydrogen-bond acceptors (Lipinski definition) is 1. The molecule has 1 nitrogen and oxygen atoms in total. The standard InChI is InChI=1S/C25H16BrN/c26-19-11-6-10-18(16-19)25-22-14-7-13-20(17-8-2-1-3-9-17)24(22)21-12-4-5-15-23(21)27-25/h1-16H. The molecular formula is C25H16BrN. The normalized spacial score (nSPS) is 11.1. The van der Waals surface area contributed by atoms with Crippen LogP contribution in [0.4, 0.5) is 0 Å². The van der Waals surface area contributed by atoms with Crippen LogP contribution in [0.5, 0.6) is 0 Å². The van der Waals surface area contributed by atoms with Gasteiger partial charge in [0.25, 0.3) is 0 Å². The van der Waals surface area contributed by atoms with Crippen LogP contribution in [0, 0.1) is 0 Å². The molecule has 5 rings (SSSR count). The first-order valence-electron chi connectivity index (χ1n) is 8.94. The SMILES string of the molecule is Brc1cccc(-c2nc3ccccc3c3c(-c4ccccc4)cccc23)c1. The van der Waals surface area contributed by atoms with E-state index in [9.17, 15) is 0 Å². The van der Waals surface area contributed by atoms with Gasteiger partial charge in [-0.3, -0.25) is 0 Å². The third-order valence-electron chi connectivity index (χ3n) is 4.91. The molecule has 5 aromatic rings. The summed E-state index contributed by atoms with van der Waals surface area (Å²) in [6.45, 7) is 0. The lowest BCUT2D eigenvalue weighted by atomic mass is 9.93. The number of aromatic nitrogens is 1. The van der Waals surface area contributed by atoms with Crippen molar-refractivity contribution in [1.82, 2.24) is 4.98 Å². The summed E-state index contributed by atoms with van der Waals surface area (Å²) >= 11 is 3.60. The summed E-state index contributed by atoms with van der Waals surface area (Å²) in [6.07, 6.45) is 0. The molecule has 0 radical (unpaired) electrons. The van der Waals surface area contributed by atoms with Crippen LogP contribution in [0.3, 0.4) is 0 Å². The van der Waals surface area contributed by atoms with Gasteiger partial charge in [-0.1, -0.05) is 94.8 Å². The van der Waals surface area contributed by atoms with E-state index < -0.39 is 0 Å². The van der Waals surface area contributed by atoms with Crippen molar-refractivity contribution in [2.75, 3.05) is 0 Å². The third kappa shape index (κ3) is 2.83. The Labute approximate surface area is 166 Å². The number of halogens is 1. The van der Waals surface area contributed by atoms with Crippen LogP contribution in [-0.2, 0) is 0 Å². The molecule has 0 aliphatic rings. The Bertz CT molecular complexity index is 1280. The lowest BCUT2D eigenvalue weighted by molar-refractivity contribution is 1.42. The maximum atomic E-state index is 5.03. The molecule has 0 unspecified atom stereocenters. The molecule has 0 aliphatic heterocycles. The molecule has 2 heteroatoms. The Morgan fingerprint density at radius 2 is 1.30 bits per heavy atom. The fourth-order valence-electron chi connectivity index (χ4n) is 3.72. The van der Waals surface area contributed by atoms with E-state index in [-0.39, 0.29) is 0 Å². The Morgan fingerprint density at radius 1 is 0.593 bits per heavy atom. The number of hydrogen-bond donors (Lipinski definition) is 0. The van der Waals surface area contributed by atoms with E-state index in [1.807, 2.05) is 6.07 Å². The lowest BCUT2D eigenvalue weighted by Gasteiger charge is -2.14. The molecule has 27 heavy (non-hydrogen) atoms. The number of benzene rings is 4. The quantitative estimate of drug-likeness (QED) is 0.275. The van der Waals surface area contributed by atoms with Crippen LogP contribution < -0.4 is 0 Å². The summed E-state index contributed by atoms with van der Waals surface area (Å²) in [6, 6.07) is 33.8. The van der Waals surface area contributed by atoms with Crippen molar-refractivity contribution in [3.05, 3.63) is 102 Å². The topological polar surface area (TPSA) is 12.9 Å². The van der Waals surface area contributed by atoms with Gasteiger partial charge in [-0.15, -0.1) is 0 Å². The van der Waals surface area contributed by atoms with Crippen molar-refractivity contribution >= 4 is 37.6 Å². The van der Waals surface area contributed by atoms with Gasteiger partial charge >= 0.3 is 0 Å². The average molecular weight is 410 g/mol. The van der Waals surface area contributed by atoms with Crippen molar-refractivity contribution < 1.29 is 0 Å². The lowest BCUT2D eigenvalue weighted by Crippen LogP contribution is -1.92.